The van der Waals surface area contributed by atoms with Gasteiger partial charge in [-0.1, -0.05) is 24.3 Å². The lowest BCUT2D eigenvalue weighted by Crippen LogP contribution is -2.15. The number of anilines is 1. The van der Waals surface area contributed by atoms with E-state index < -0.39 is 0 Å². The average molecular weight is 282 g/mol. The molecule has 2 aromatic carbocycles. The Morgan fingerprint density at radius 2 is 1.95 bits per heavy atom. The Morgan fingerprint density at radius 3 is 2.71 bits per heavy atom. The summed E-state index contributed by atoms with van der Waals surface area (Å²) in [6.07, 6.45) is 1.50. The third-order valence-corrected chi connectivity index (χ3v) is 3.28. The first-order valence-electron chi connectivity index (χ1n) is 6.72. The van der Waals surface area contributed by atoms with Crippen molar-refractivity contribution < 1.29 is 9.90 Å². The Balaban J connectivity index is 1.97. The summed E-state index contributed by atoms with van der Waals surface area (Å²) in [4.78, 5) is 15.9. The summed E-state index contributed by atoms with van der Waals surface area (Å²) in [5, 5.41) is 12.4. The number of hydrogen-bond acceptors (Lipinski definition) is 3. The van der Waals surface area contributed by atoms with Crippen LogP contribution in [-0.4, -0.2) is 23.8 Å². The number of phenols is 1. The maximum absolute atomic E-state index is 11.9. The highest BCUT2D eigenvalue weighted by atomic mass is 16.3. The minimum Gasteiger partial charge on any atom is -0.507 e. The third-order valence-electron chi connectivity index (χ3n) is 3.28. The van der Waals surface area contributed by atoms with E-state index in [-0.39, 0.29) is 18.2 Å². The molecular formula is C17H18N2O2. The highest BCUT2D eigenvalue weighted by Crippen LogP contribution is 2.17. The van der Waals surface area contributed by atoms with Crippen LogP contribution >= 0.6 is 0 Å². The van der Waals surface area contributed by atoms with E-state index in [2.05, 4.69) is 10.3 Å². The molecule has 4 nitrogen and oxygen atoms in total. The van der Waals surface area contributed by atoms with Gasteiger partial charge in [-0.05, 0) is 43.2 Å². The Bertz CT molecular complexity index is 678. The minimum absolute atomic E-state index is 0.0156. The Morgan fingerprint density at radius 1 is 1.19 bits per heavy atom. The second-order valence-corrected chi connectivity index (χ2v) is 4.82. The van der Waals surface area contributed by atoms with Gasteiger partial charge in [0.25, 0.3) is 0 Å². The van der Waals surface area contributed by atoms with Crippen molar-refractivity contribution in [1.29, 1.82) is 0 Å². The van der Waals surface area contributed by atoms with E-state index in [1.807, 2.05) is 32.0 Å². The number of nitrogens with one attached hydrogen (secondary N) is 1. The number of aliphatic imine (C=N–C) groups is 1. The number of aryl methyl sites for hydroxylation is 1. The molecule has 2 rings (SSSR count). The first kappa shape index (κ1) is 14.8. The van der Waals surface area contributed by atoms with E-state index in [0.717, 1.165) is 16.8 Å². The maximum Gasteiger partial charge on any atom is 0.246 e. The van der Waals surface area contributed by atoms with Crippen LogP contribution in [0.4, 0.5) is 5.69 Å². The summed E-state index contributed by atoms with van der Waals surface area (Å²) >= 11 is 0. The van der Waals surface area contributed by atoms with Crippen LogP contribution in [0.1, 0.15) is 16.7 Å². The van der Waals surface area contributed by atoms with E-state index >= 15 is 0 Å². The number of para-hydroxylation sites is 1. The molecular weight excluding hydrogens is 264 g/mol. The zero-order valence-corrected chi connectivity index (χ0v) is 12.1. The molecule has 0 fully saturated rings. The summed E-state index contributed by atoms with van der Waals surface area (Å²) in [5.74, 6) is -0.0356. The van der Waals surface area contributed by atoms with Gasteiger partial charge < -0.3 is 10.4 Å². The number of carbonyl (C=O) groups is 1. The molecule has 0 spiro atoms. The number of phenolic OH excluding ortho intramolecular Hbond substituents is 1. The third kappa shape index (κ3) is 3.92. The molecule has 4 heteroatoms. The lowest BCUT2D eigenvalue weighted by atomic mass is 10.1. The van der Waals surface area contributed by atoms with Crippen LogP contribution in [-0.2, 0) is 4.79 Å². The standard InChI is InChI=1S/C17H18N2O2/c1-12-6-5-8-15(13(12)2)19-17(21)11-18-10-14-7-3-4-9-16(14)20/h3-10,20H,11H2,1-2H3,(H,19,21). The Labute approximate surface area is 124 Å². The predicted molar refractivity (Wildman–Crippen MR) is 85.1 cm³/mol. The fourth-order valence-electron chi connectivity index (χ4n) is 1.90. The molecule has 0 aliphatic heterocycles. The van der Waals surface area contributed by atoms with Gasteiger partial charge >= 0.3 is 0 Å². The number of rotatable bonds is 4. The lowest BCUT2D eigenvalue weighted by Gasteiger charge is -2.09. The minimum atomic E-state index is -0.185. The monoisotopic (exact) mass is 282 g/mol. The van der Waals surface area contributed by atoms with Gasteiger partial charge in [-0.15, -0.1) is 0 Å². The molecule has 0 heterocycles. The fourth-order valence-corrected chi connectivity index (χ4v) is 1.90. The topological polar surface area (TPSA) is 61.7 Å². The molecule has 2 N–H and O–H groups in total. The van der Waals surface area contributed by atoms with Gasteiger partial charge in [-0.3, -0.25) is 9.79 Å². The SMILES string of the molecule is Cc1cccc(NC(=O)CN=Cc2ccccc2O)c1C. The first-order chi connectivity index (χ1) is 10.1. The number of benzene rings is 2. The summed E-state index contributed by atoms with van der Waals surface area (Å²) in [6, 6.07) is 12.6. The van der Waals surface area contributed by atoms with Crippen LogP contribution in [0.15, 0.2) is 47.5 Å². The van der Waals surface area contributed by atoms with E-state index in [1.54, 1.807) is 24.3 Å². The average Bonchev–Trinajstić information content (AvgIpc) is 2.46. The molecule has 0 unspecified atom stereocenters. The molecule has 0 atom stereocenters. The van der Waals surface area contributed by atoms with Gasteiger partial charge in [-0.2, -0.15) is 0 Å². The van der Waals surface area contributed by atoms with Gasteiger partial charge in [-0.25, -0.2) is 0 Å². The van der Waals surface area contributed by atoms with Crippen molar-refractivity contribution in [3.05, 3.63) is 59.2 Å². The van der Waals surface area contributed by atoms with Crippen molar-refractivity contribution in [2.45, 2.75) is 13.8 Å². The number of aromatic hydroxyl groups is 1. The van der Waals surface area contributed by atoms with Crippen molar-refractivity contribution >= 4 is 17.8 Å². The van der Waals surface area contributed by atoms with Crippen LogP contribution < -0.4 is 5.32 Å². The van der Waals surface area contributed by atoms with Crippen molar-refractivity contribution in [3.8, 4) is 5.75 Å². The number of carbonyl (C=O) groups excluding carboxylic acids is 1. The molecule has 0 saturated heterocycles. The molecule has 108 valence electrons. The summed E-state index contributed by atoms with van der Waals surface area (Å²) in [6.45, 7) is 3.99. The van der Waals surface area contributed by atoms with Crippen molar-refractivity contribution in [2.24, 2.45) is 4.99 Å². The Hall–Kier alpha value is -2.62. The quantitative estimate of drug-likeness (QED) is 0.847. The number of nitrogens with zero attached hydrogens (tertiary/aromatic N) is 1. The molecule has 0 bridgehead atoms. The lowest BCUT2D eigenvalue weighted by molar-refractivity contribution is -0.114. The van der Waals surface area contributed by atoms with Gasteiger partial charge in [0.2, 0.25) is 5.91 Å². The maximum atomic E-state index is 11.9. The van der Waals surface area contributed by atoms with Crippen molar-refractivity contribution in [1.82, 2.24) is 0 Å². The predicted octanol–water partition coefficient (Wildman–Crippen LogP) is 3.07. The van der Waals surface area contributed by atoms with Gasteiger partial charge in [0.05, 0.1) is 0 Å². The largest absolute Gasteiger partial charge is 0.507 e. The zero-order chi connectivity index (χ0) is 15.2. The van der Waals surface area contributed by atoms with Crippen LogP contribution in [0.3, 0.4) is 0 Å². The second kappa shape index (κ2) is 6.70. The number of hydrogen-bond donors (Lipinski definition) is 2. The van der Waals surface area contributed by atoms with Crippen LogP contribution in [0, 0.1) is 13.8 Å². The second-order valence-electron chi connectivity index (χ2n) is 4.82. The highest BCUT2D eigenvalue weighted by Gasteiger charge is 2.05. The molecule has 0 aliphatic carbocycles. The smallest absolute Gasteiger partial charge is 0.246 e. The fraction of sp³-hybridized carbons (Fsp3) is 0.176. The van der Waals surface area contributed by atoms with E-state index in [0.29, 0.717) is 5.56 Å². The molecule has 0 radical (unpaired) electrons. The molecule has 0 aromatic heterocycles. The molecule has 21 heavy (non-hydrogen) atoms. The molecule has 0 saturated carbocycles. The van der Waals surface area contributed by atoms with E-state index in [1.165, 1.54) is 6.21 Å². The van der Waals surface area contributed by atoms with Crippen molar-refractivity contribution in [2.75, 3.05) is 11.9 Å². The zero-order valence-electron chi connectivity index (χ0n) is 12.1. The van der Waals surface area contributed by atoms with Crippen LogP contribution in [0.5, 0.6) is 5.75 Å². The molecule has 0 aliphatic rings. The van der Waals surface area contributed by atoms with Crippen molar-refractivity contribution in [3.63, 3.8) is 0 Å². The summed E-state index contributed by atoms with van der Waals surface area (Å²) in [5.41, 5.74) is 3.58. The summed E-state index contributed by atoms with van der Waals surface area (Å²) in [7, 11) is 0. The Kier molecular flexibility index (Phi) is 4.72. The van der Waals surface area contributed by atoms with Crippen LogP contribution in [0.2, 0.25) is 0 Å². The first-order valence-corrected chi connectivity index (χ1v) is 6.72. The highest BCUT2D eigenvalue weighted by molar-refractivity contribution is 5.94. The number of amides is 1. The van der Waals surface area contributed by atoms with Gasteiger partial charge in [0, 0.05) is 17.5 Å². The normalized spacial score (nSPS) is 10.8. The summed E-state index contributed by atoms with van der Waals surface area (Å²) < 4.78 is 0. The van der Waals surface area contributed by atoms with E-state index in [4.69, 9.17) is 0 Å². The molecule has 2 aromatic rings. The molecule has 1 amide bonds. The van der Waals surface area contributed by atoms with Crippen LogP contribution in [0.25, 0.3) is 0 Å². The van der Waals surface area contributed by atoms with E-state index in [9.17, 15) is 9.90 Å². The van der Waals surface area contributed by atoms with Gasteiger partial charge in [0.15, 0.2) is 0 Å². The van der Waals surface area contributed by atoms with Gasteiger partial charge in [0.1, 0.15) is 12.3 Å².